The fraction of sp³-hybridized carbons (Fsp3) is 0.300. The van der Waals surface area contributed by atoms with Gasteiger partial charge in [-0.25, -0.2) is 0 Å². The predicted molar refractivity (Wildman–Crippen MR) is 99.0 cm³/mol. The highest BCUT2D eigenvalue weighted by molar-refractivity contribution is 5.71. The highest BCUT2D eigenvalue weighted by Gasteiger charge is 2.41. The van der Waals surface area contributed by atoms with Crippen molar-refractivity contribution >= 4 is 11.4 Å². The van der Waals surface area contributed by atoms with Gasteiger partial charge in [0.15, 0.2) is 0 Å². The Labute approximate surface area is 151 Å². The van der Waals surface area contributed by atoms with Crippen LogP contribution in [0, 0.1) is 16.0 Å². The zero-order valence-corrected chi connectivity index (χ0v) is 14.6. The van der Waals surface area contributed by atoms with Crippen molar-refractivity contribution < 1.29 is 14.4 Å². The predicted octanol–water partition coefficient (Wildman–Crippen LogP) is 4.44. The van der Waals surface area contributed by atoms with Crippen molar-refractivity contribution in [3.8, 4) is 11.5 Å². The van der Waals surface area contributed by atoms with E-state index in [1.807, 2.05) is 18.2 Å². The van der Waals surface area contributed by atoms with Crippen LogP contribution in [-0.4, -0.2) is 19.1 Å². The first-order chi connectivity index (χ1) is 12.6. The molecule has 2 aromatic rings. The molecule has 0 spiro atoms. The van der Waals surface area contributed by atoms with Crippen LogP contribution in [0.3, 0.4) is 0 Å². The molecule has 6 heteroatoms. The summed E-state index contributed by atoms with van der Waals surface area (Å²) >= 11 is 0. The average molecular weight is 352 g/mol. The van der Waals surface area contributed by atoms with E-state index in [0.29, 0.717) is 5.75 Å². The van der Waals surface area contributed by atoms with E-state index in [2.05, 4.69) is 23.5 Å². The molecule has 0 fully saturated rings. The second kappa shape index (κ2) is 6.37. The number of non-ortho nitro benzene ring substituents is 1. The molecule has 0 aromatic heterocycles. The monoisotopic (exact) mass is 352 g/mol. The van der Waals surface area contributed by atoms with Crippen LogP contribution in [0.25, 0.3) is 0 Å². The van der Waals surface area contributed by atoms with Gasteiger partial charge in [-0.05, 0) is 24.0 Å². The average Bonchev–Trinajstić information content (AvgIpc) is 3.16. The number of hydrogen-bond acceptors (Lipinski definition) is 5. The summed E-state index contributed by atoms with van der Waals surface area (Å²) in [7, 11) is 3.21. The largest absolute Gasteiger partial charge is 0.496 e. The molecule has 1 heterocycles. The Balaban J connectivity index is 1.86. The number of nitrogens with one attached hydrogen (secondary N) is 1. The van der Waals surface area contributed by atoms with Gasteiger partial charge < -0.3 is 14.8 Å². The molecule has 0 saturated heterocycles. The van der Waals surface area contributed by atoms with Crippen LogP contribution in [0.1, 0.15) is 29.5 Å². The van der Waals surface area contributed by atoms with E-state index < -0.39 is 0 Å². The van der Waals surface area contributed by atoms with Gasteiger partial charge >= 0.3 is 0 Å². The molecule has 26 heavy (non-hydrogen) atoms. The van der Waals surface area contributed by atoms with Gasteiger partial charge in [0.2, 0.25) is 0 Å². The van der Waals surface area contributed by atoms with Crippen molar-refractivity contribution in [3.05, 3.63) is 69.8 Å². The minimum Gasteiger partial charge on any atom is -0.496 e. The smallest absolute Gasteiger partial charge is 0.273 e. The summed E-state index contributed by atoms with van der Waals surface area (Å²) in [5, 5.41) is 14.9. The van der Waals surface area contributed by atoms with Crippen LogP contribution >= 0.6 is 0 Å². The van der Waals surface area contributed by atoms with Gasteiger partial charge in [0, 0.05) is 17.5 Å². The Morgan fingerprint density at radius 2 is 1.88 bits per heavy atom. The first-order valence-electron chi connectivity index (χ1n) is 8.56. The number of anilines is 1. The zero-order valence-electron chi connectivity index (χ0n) is 14.6. The number of hydrogen-bond donors (Lipinski definition) is 1. The lowest BCUT2D eigenvalue weighted by Crippen LogP contribution is -2.29. The molecule has 0 saturated carbocycles. The molecule has 1 aliphatic heterocycles. The Kier molecular flexibility index (Phi) is 4.03. The summed E-state index contributed by atoms with van der Waals surface area (Å²) in [6, 6.07) is 11.1. The topological polar surface area (TPSA) is 73.6 Å². The highest BCUT2D eigenvalue weighted by atomic mass is 16.6. The van der Waals surface area contributed by atoms with Crippen molar-refractivity contribution in [2.75, 3.05) is 19.5 Å². The standard InChI is InChI=1S/C20H20N2O4/c1-25-17-9-4-3-6-15(17)19-14-8-5-7-13(14)16-10-12(22(23)24)11-18(26-2)20(16)21-19/h3-7,9-11,13-14,19,21H,8H2,1-2H3/t13-,14+,19+/m0/s1. The number of nitrogens with zero attached hydrogens (tertiary/aromatic N) is 1. The summed E-state index contributed by atoms with van der Waals surface area (Å²) in [4.78, 5) is 10.9. The third-order valence-electron chi connectivity index (χ3n) is 5.32. The molecule has 2 aliphatic rings. The van der Waals surface area contributed by atoms with E-state index in [0.717, 1.165) is 29.0 Å². The first-order valence-corrected chi connectivity index (χ1v) is 8.56. The Hall–Kier alpha value is -3.02. The number of allylic oxidation sites excluding steroid dienone is 2. The van der Waals surface area contributed by atoms with Gasteiger partial charge in [-0.1, -0.05) is 30.4 Å². The van der Waals surface area contributed by atoms with Crippen LogP contribution in [-0.2, 0) is 0 Å². The number of ether oxygens (including phenoxy) is 2. The van der Waals surface area contributed by atoms with E-state index in [4.69, 9.17) is 9.47 Å². The molecule has 6 nitrogen and oxygen atoms in total. The third-order valence-corrected chi connectivity index (χ3v) is 5.32. The van der Waals surface area contributed by atoms with Crippen LogP contribution in [0.5, 0.6) is 11.5 Å². The Bertz CT molecular complexity index is 893. The maximum atomic E-state index is 11.3. The van der Waals surface area contributed by atoms with Crippen molar-refractivity contribution in [2.45, 2.75) is 18.4 Å². The maximum Gasteiger partial charge on any atom is 0.273 e. The Morgan fingerprint density at radius 1 is 1.12 bits per heavy atom. The molecule has 1 N–H and O–H groups in total. The molecule has 0 bridgehead atoms. The van der Waals surface area contributed by atoms with Gasteiger partial charge in [0.05, 0.1) is 36.9 Å². The molecule has 0 radical (unpaired) electrons. The number of para-hydroxylation sites is 1. The molecule has 1 aliphatic carbocycles. The molecule has 4 rings (SSSR count). The van der Waals surface area contributed by atoms with Gasteiger partial charge in [-0.3, -0.25) is 10.1 Å². The summed E-state index contributed by atoms with van der Waals surface area (Å²) in [6.45, 7) is 0. The van der Waals surface area contributed by atoms with Crippen molar-refractivity contribution in [3.63, 3.8) is 0 Å². The normalized spacial score (nSPS) is 22.9. The summed E-state index contributed by atoms with van der Waals surface area (Å²) in [5.41, 5.74) is 2.87. The van der Waals surface area contributed by atoms with Crippen molar-refractivity contribution in [1.82, 2.24) is 0 Å². The number of benzene rings is 2. The molecular weight excluding hydrogens is 332 g/mol. The SMILES string of the molecule is COc1ccccc1[C@@H]1Nc2c(OC)cc([N+](=O)[O-])cc2[C@H]2C=CC[C@H]21. The lowest BCUT2D eigenvalue weighted by atomic mass is 9.76. The number of fused-ring (bicyclic) bond motifs is 3. The van der Waals surface area contributed by atoms with E-state index in [-0.39, 0.29) is 28.5 Å². The fourth-order valence-corrected chi connectivity index (χ4v) is 4.15. The van der Waals surface area contributed by atoms with E-state index in [1.54, 1.807) is 13.2 Å². The fourth-order valence-electron chi connectivity index (χ4n) is 4.15. The van der Waals surface area contributed by atoms with Crippen LogP contribution in [0.15, 0.2) is 48.6 Å². The lowest BCUT2D eigenvalue weighted by molar-refractivity contribution is -0.385. The summed E-state index contributed by atoms with van der Waals surface area (Å²) in [6.07, 6.45) is 5.21. The van der Waals surface area contributed by atoms with Crippen LogP contribution in [0.4, 0.5) is 11.4 Å². The number of nitro groups is 1. The summed E-state index contributed by atoms with van der Waals surface area (Å²) < 4.78 is 11.0. The van der Waals surface area contributed by atoms with Crippen molar-refractivity contribution in [2.24, 2.45) is 5.92 Å². The quantitative estimate of drug-likeness (QED) is 0.500. The van der Waals surface area contributed by atoms with E-state index in [9.17, 15) is 10.1 Å². The third kappa shape index (κ3) is 2.49. The zero-order chi connectivity index (χ0) is 18.3. The number of rotatable bonds is 4. The second-order valence-corrected chi connectivity index (χ2v) is 6.59. The molecule has 0 unspecified atom stereocenters. The van der Waals surface area contributed by atoms with Gasteiger partial charge in [-0.15, -0.1) is 0 Å². The van der Waals surface area contributed by atoms with Gasteiger partial charge in [-0.2, -0.15) is 0 Å². The highest BCUT2D eigenvalue weighted by Crippen LogP contribution is 2.54. The van der Waals surface area contributed by atoms with E-state index >= 15 is 0 Å². The second-order valence-electron chi connectivity index (χ2n) is 6.59. The minimum atomic E-state index is -0.372. The van der Waals surface area contributed by atoms with Gasteiger partial charge in [0.1, 0.15) is 11.5 Å². The summed E-state index contributed by atoms with van der Waals surface area (Å²) in [5.74, 6) is 1.70. The lowest BCUT2D eigenvalue weighted by Gasteiger charge is -2.38. The molecule has 2 aromatic carbocycles. The van der Waals surface area contributed by atoms with Crippen LogP contribution in [0.2, 0.25) is 0 Å². The minimum absolute atomic E-state index is 0.0361. The Morgan fingerprint density at radius 3 is 2.62 bits per heavy atom. The molecular formula is C20H20N2O4. The van der Waals surface area contributed by atoms with Gasteiger partial charge in [0.25, 0.3) is 5.69 Å². The molecule has 0 amide bonds. The van der Waals surface area contributed by atoms with Crippen LogP contribution < -0.4 is 14.8 Å². The van der Waals surface area contributed by atoms with E-state index in [1.165, 1.54) is 13.2 Å². The molecule has 3 atom stereocenters. The maximum absolute atomic E-state index is 11.3. The number of nitro benzene ring substituents is 1. The number of methoxy groups -OCH3 is 2. The first kappa shape index (κ1) is 16.4. The van der Waals surface area contributed by atoms with Crippen molar-refractivity contribution in [1.29, 1.82) is 0 Å². The molecule has 134 valence electrons.